The number of anilines is 1. The summed E-state index contributed by atoms with van der Waals surface area (Å²) < 4.78 is 5.76. The molecule has 0 saturated heterocycles. The highest BCUT2D eigenvalue weighted by molar-refractivity contribution is 6.07. The van der Waals surface area contributed by atoms with E-state index in [9.17, 15) is 4.79 Å². The van der Waals surface area contributed by atoms with E-state index in [-0.39, 0.29) is 12.5 Å². The van der Waals surface area contributed by atoms with Crippen LogP contribution in [0.5, 0.6) is 0 Å². The van der Waals surface area contributed by atoms with Gasteiger partial charge in [-0.05, 0) is 24.3 Å². The summed E-state index contributed by atoms with van der Waals surface area (Å²) in [5, 5.41) is 7.89. The molecule has 4 nitrogen and oxygen atoms in total. The Morgan fingerprint density at radius 1 is 1.14 bits per heavy atom. The zero-order valence-corrected chi connectivity index (χ0v) is 11.6. The number of para-hydroxylation sites is 1. The molecule has 2 N–H and O–H groups in total. The lowest BCUT2D eigenvalue weighted by molar-refractivity contribution is -0.115. The van der Waals surface area contributed by atoms with Crippen molar-refractivity contribution < 1.29 is 9.21 Å². The molecule has 0 radical (unpaired) electrons. The van der Waals surface area contributed by atoms with Gasteiger partial charge in [0.2, 0.25) is 5.91 Å². The number of furan rings is 1. The van der Waals surface area contributed by atoms with E-state index in [0.29, 0.717) is 6.54 Å². The Hall–Kier alpha value is -2.59. The SMILES string of the molecule is C=CCNCC(=O)Nc1ccc2oc3ccccc3c2c1. The Morgan fingerprint density at radius 2 is 1.95 bits per heavy atom. The summed E-state index contributed by atoms with van der Waals surface area (Å²) in [7, 11) is 0. The minimum Gasteiger partial charge on any atom is -0.456 e. The maximum atomic E-state index is 11.8. The van der Waals surface area contributed by atoms with Crippen molar-refractivity contribution in [2.45, 2.75) is 0 Å². The fourth-order valence-corrected chi connectivity index (χ4v) is 2.30. The van der Waals surface area contributed by atoms with Crippen molar-refractivity contribution >= 4 is 33.5 Å². The predicted molar refractivity (Wildman–Crippen MR) is 85.4 cm³/mol. The van der Waals surface area contributed by atoms with Gasteiger partial charge < -0.3 is 15.1 Å². The second-order valence-corrected chi connectivity index (χ2v) is 4.78. The summed E-state index contributed by atoms with van der Waals surface area (Å²) in [6.07, 6.45) is 1.72. The van der Waals surface area contributed by atoms with Crippen LogP contribution >= 0.6 is 0 Å². The van der Waals surface area contributed by atoms with Crippen molar-refractivity contribution in [2.24, 2.45) is 0 Å². The van der Waals surface area contributed by atoms with Gasteiger partial charge in [0.15, 0.2) is 0 Å². The Bertz CT molecular complexity index is 805. The Morgan fingerprint density at radius 3 is 2.81 bits per heavy atom. The van der Waals surface area contributed by atoms with Gasteiger partial charge in [0, 0.05) is 23.0 Å². The minimum atomic E-state index is -0.0796. The summed E-state index contributed by atoms with van der Waals surface area (Å²) in [5.41, 5.74) is 2.43. The third-order valence-electron chi connectivity index (χ3n) is 3.23. The molecule has 3 rings (SSSR count). The second kappa shape index (κ2) is 5.81. The van der Waals surface area contributed by atoms with Gasteiger partial charge in [-0.3, -0.25) is 4.79 Å². The summed E-state index contributed by atoms with van der Waals surface area (Å²) >= 11 is 0. The van der Waals surface area contributed by atoms with Crippen molar-refractivity contribution in [1.82, 2.24) is 5.32 Å². The quantitative estimate of drug-likeness (QED) is 0.557. The van der Waals surface area contributed by atoms with E-state index in [2.05, 4.69) is 17.2 Å². The number of rotatable bonds is 5. The van der Waals surface area contributed by atoms with Crippen molar-refractivity contribution in [2.75, 3.05) is 18.4 Å². The van der Waals surface area contributed by atoms with Crippen molar-refractivity contribution in [3.8, 4) is 0 Å². The van der Waals surface area contributed by atoms with Gasteiger partial charge in [-0.15, -0.1) is 6.58 Å². The highest BCUT2D eigenvalue weighted by atomic mass is 16.3. The molecule has 2 aromatic carbocycles. The molecule has 4 heteroatoms. The van der Waals surface area contributed by atoms with E-state index in [1.54, 1.807) is 6.08 Å². The number of benzene rings is 2. The van der Waals surface area contributed by atoms with Crippen LogP contribution in [0.1, 0.15) is 0 Å². The van der Waals surface area contributed by atoms with Crippen LogP contribution in [0.15, 0.2) is 59.5 Å². The maximum absolute atomic E-state index is 11.8. The fraction of sp³-hybridized carbons (Fsp3) is 0.118. The normalized spacial score (nSPS) is 10.9. The Balaban J connectivity index is 1.85. The first-order valence-corrected chi connectivity index (χ1v) is 6.80. The van der Waals surface area contributed by atoms with Gasteiger partial charge in [-0.2, -0.15) is 0 Å². The first-order chi connectivity index (χ1) is 10.3. The van der Waals surface area contributed by atoms with Gasteiger partial charge in [0.25, 0.3) is 0 Å². The van der Waals surface area contributed by atoms with Crippen LogP contribution in [-0.2, 0) is 4.79 Å². The first-order valence-electron chi connectivity index (χ1n) is 6.80. The smallest absolute Gasteiger partial charge is 0.238 e. The van der Waals surface area contributed by atoms with Crippen LogP contribution in [0.3, 0.4) is 0 Å². The number of amides is 1. The summed E-state index contributed by atoms with van der Waals surface area (Å²) in [5.74, 6) is -0.0796. The lowest BCUT2D eigenvalue weighted by Crippen LogP contribution is -2.27. The zero-order chi connectivity index (χ0) is 14.7. The van der Waals surface area contributed by atoms with Crippen molar-refractivity contribution in [3.05, 3.63) is 55.1 Å². The van der Waals surface area contributed by atoms with Gasteiger partial charge >= 0.3 is 0 Å². The monoisotopic (exact) mass is 280 g/mol. The molecule has 0 bridgehead atoms. The Kier molecular flexibility index (Phi) is 3.71. The molecule has 0 spiro atoms. The fourth-order valence-electron chi connectivity index (χ4n) is 2.30. The Labute approximate surface area is 122 Å². The first kappa shape index (κ1) is 13.4. The number of fused-ring (bicyclic) bond motifs is 3. The van der Waals surface area contributed by atoms with E-state index in [1.165, 1.54) is 0 Å². The van der Waals surface area contributed by atoms with Gasteiger partial charge in [-0.25, -0.2) is 0 Å². The number of carbonyl (C=O) groups is 1. The van der Waals surface area contributed by atoms with Crippen LogP contribution in [-0.4, -0.2) is 19.0 Å². The van der Waals surface area contributed by atoms with E-state index in [1.807, 2.05) is 42.5 Å². The van der Waals surface area contributed by atoms with E-state index in [4.69, 9.17) is 4.42 Å². The van der Waals surface area contributed by atoms with Gasteiger partial charge in [0.05, 0.1) is 6.54 Å². The van der Waals surface area contributed by atoms with Crippen molar-refractivity contribution in [1.29, 1.82) is 0 Å². The third kappa shape index (κ3) is 2.80. The molecule has 21 heavy (non-hydrogen) atoms. The van der Waals surface area contributed by atoms with E-state index < -0.39 is 0 Å². The third-order valence-corrected chi connectivity index (χ3v) is 3.23. The van der Waals surface area contributed by atoms with Crippen LogP contribution in [0, 0.1) is 0 Å². The molecule has 3 aromatic rings. The van der Waals surface area contributed by atoms with Crippen molar-refractivity contribution in [3.63, 3.8) is 0 Å². The summed E-state index contributed by atoms with van der Waals surface area (Å²) in [6.45, 7) is 4.46. The molecular weight excluding hydrogens is 264 g/mol. The molecule has 0 atom stereocenters. The topological polar surface area (TPSA) is 54.3 Å². The molecule has 1 amide bonds. The number of carbonyl (C=O) groups excluding carboxylic acids is 1. The van der Waals surface area contributed by atoms with Crippen LogP contribution in [0.4, 0.5) is 5.69 Å². The average Bonchev–Trinajstić information content (AvgIpc) is 2.86. The molecule has 0 aliphatic heterocycles. The van der Waals surface area contributed by atoms with Crippen LogP contribution in [0.25, 0.3) is 21.9 Å². The minimum absolute atomic E-state index is 0.0796. The lowest BCUT2D eigenvalue weighted by atomic mass is 10.1. The number of nitrogens with one attached hydrogen (secondary N) is 2. The molecule has 0 unspecified atom stereocenters. The molecule has 1 heterocycles. The standard InChI is InChI=1S/C17H16N2O2/c1-2-9-18-11-17(20)19-12-7-8-16-14(10-12)13-5-3-4-6-15(13)21-16/h2-8,10,18H,1,9,11H2,(H,19,20). The summed E-state index contributed by atoms with van der Waals surface area (Å²) in [4.78, 5) is 11.8. The molecule has 0 saturated carbocycles. The molecule has 106 valence electrons. The molecule has 0 fully saturated rings. The highest BCUT2D eigenvalue weighted by Gasteiger charge is 2.08. The average molecular weight is 280 g/mol. The van der Waals surface area contributed by atoms with Gasteiger partial charge in [-0.1, -0.05) is 24.3 Å². The van der Waals surface area contributed by atoms with Gasteiger partial charge in [0.1, 0.15) is 11.2 Å². The molecule has 0 aliphatic carbocycles. The second-order valence-electron chi connectivity index (χ2n) is 4.78. The van der Waals surface area contributed by atoms with E-state index in [0.717, 1.165) is 27.6 Å². The predicted octanol–water partition coefficient (Wildman–Crippen LogP) is 3.30. The lowest BCUT2D eigenvalue weighted by Gasteiger charge is -2.05. The number of hydrogen-bond acceptors (Lipinski definition) is 3. The maximum Gasteiger partial charge on any atom is 0.238 e. The van der Waals surface area contributed by atoms with Crippen LogP contribution in [0.2, 0.25) is 0 Å². The largest absolute Gasteiger partial charge is 0.456 e. The number of hydrogen-bond donors (Lipinski definition) is 2. The van der Waals surface area contributed by atoms with Crippen LogP contribution < -0.4 is 10.6 Å². The van der Waals surface area contributed by atoms with E-state index >= 15 is 0 Å². The molecule has 0 aliphatic rings. The molecule has 1 aromatic heterocycles. The zero-order valence-electron chi connectivity index (χ0n) is 11.6. The summed E-state index contributed by atoms with van der Waals surface area (Å²) in [6, 6.07) is 13.5. The molecular formula is C17H16N2O2. The highest BCUT2D eigenvalue weighted by Crippen LogP contribution is 2.30.